The number of carbonyl (C=O) groups excluding carboxylic acids is 2. The fraction of sp³-hybridized carbons (Fsp3) is 0.905. The van der Waals surface area contributed by atoms with Gasteiger partial charge in [0, 0.05) is 30.3 Å². The maximum atomic E-state index is 13.3. The molecule has 0 aromatic heterocycles. The van der Waals surface area contributed by atoms with E-state index in [0.29, 0.717) is 6.42 Å². The molecule has 0 saturated heterocycles. The van der Waals surface area contributed by atoms with Gasteiger partial charge in [-0.25, -0.2) is 0 Å². The van der Waals surface area contributed by atoms with Crippen LogP contribution in [0.1, 0.15) is 67.2 Å². The first kappa shape index (κ1) is 21.5. The van der Waals surface area contributed by atoms with E-state index in [4.69, 9.17) is 0 Å². The summed E-state index contributed by atoms with van der Waals surface area (Å²) in [6.07, 6.45) is 1.57. The van der Waals surface area contributed by atoms with Crippen molar-refractivity contribution in [2.75, 3.05) is 6.61 Å². The Hall–Kier alpha value is -0.780. The van der Waals surface area contributed by atoms with Crippen LogP contribution in [0.5, 0.6) is 0 Å². The average molecular weight is 369 g/mol. The highest BCUT2D eigenvalue weighted by molar-refractivity contribution is 5.95. The molecule has 150 valence electrons. The lowest BCUT2D eigenvalue weighted by Gasteiger charge is -2.61. The predicted molar refractivity (Wildman–Crippen MR) is 99.4 cm³/mol. The van der Waals surface area contributed by atoms with Crippen molar-refractivity contribution in [2.45, 2.75) is 78.4 Å². The van der Waals surface area contributed by atoms with Crippen LogP contribution in [0.15, 0.2) is 0 Å². The van der Waals surface area contributed by atoms with Crippen LogP contribution in [0.4, 0.5) is 0 Å². The molecule has 3 N–H and O–H groups in total. The third-order valence-corrected chi connectivity index (χ3v) is 7.40. The summed E-state index contributed by atoms with van der Waals surface area (Å²) in [4.78, 5) is 26.6. The second-order valence-corrected chi connectivity index (χ2v) is 9.57. The largest absolute Gasteiger partial charge is 0.396 e. The third kappa shape index (κ3) is 3.16. The summed E-state index contributed by atoms with van der Waals surface area (Å²) >= 11 is 0. The van der Waals surface area contributed by atoms with Gasteiger partial charge in [0.15, 0.2) is 5.78 Å². The Morgan fingerprint density at radius 2 is 1.81 bits per heavy atom. The Kier molecular flexibility index (Phi) is 5.79. The molecule has 0 bridgehead atoms. The summed E-state index contributed by atoms with van der Waals surface area (Å²) in [6.45, 7) is 10.9. The molecule has 5 heteroatoms. The zero-order valence-electron chi connectivity index (χ0n) is 17.1. The number of Topliss-reactive ketones (excluding diaryl/α,β-unsaturated/α-hetero) is 2. The van der Waals surface area contributed by atoms with Gasteiger partial charge in [-0.05, 0) is 44.4 Å². The minimum atomic E-state index is -1.62. The Balaban J connectivity index is 2.67. The fourth-order valence-electron chi connectivity index (χ4n) is 6.60. The minimum absolute atomic E-state index is 0.0165. The topological polar surface area (TPSA) is 94.8 Å². The molecule has 0 heterocycles. The number of fused-ring (bicyclic) bond motifs is 1. The van der Waals surface area contributed by atoms with Crippen molar-refractivity contribution in [3.8, 4) is 0 Å². The van der Waals surface area contributed by atoms with Gasteiger partial charge >= 0.3 is 0 Å². The van der Waals surface area contributed by atoms with Gasteiger partial charge in [0.05, 0.1) is 5.60 Å². The Labute approximate surface area is 157 Å². The van der Waals surface area contributed by atoms with E-state index in [0.717, 1.165) is 6.42 Å². The average Bonchev–Trinajstić information content (AvgIpc) is 2.50. The molecule has 0 spiro atoms. The van der Waals surface area contributed by atoms with Crippen molar-refractivity contribution in [3.63, 3.8) is 0 Å². The maximum absolute atomic E-state index is 13.3. The van der Waals surface area contributed by atoms with E-state index in [1.165, 1.54) is 0 Å². The lowest BCUT2D eigenvalue weighted by molar-refractivity contribution is -0.205. The van der Waals surface area contributed by atoms with Crippen LogP contribution in [-0.4, -0.2) is 44.7 Å². The van der Waals surface area contributed by atoms with E-state index in [2.05, 4.69) is 0 Å². The summed E-state index contributed by atoms with van der Waals surface area (Å²) in [5, 5.41) is 31.4. The second-order valence-electron chi connectivity index (χ2n) is 9.57. The molecule has 2 saturated carbocycles. The van der Waals surface area contributed by atoms with Crippen LogP contribution in [0.2, 0.25) is 0 Å². The summed E-state index contributed by atoms with van der Waals surface area (Å²) in [5.41, 5.74) is -3.50. The predicted octanol–water partition coefficient (Wildman–Crippen LogP) is 2.35. The number of ketones is 2. The van der Waals surface area contributed by atoms with E-state index in [9.17, 15) is 24.9 Å². The summed E-state index contributed by atoms with van der Waals surface area (Å²) in [5.74, 6) is -1.64. The van der Waals surface area contributed by atoms with Gasteiger partial charge in [-0.15, -0.1) is 0 Å². The Morgan fingerprint density at radius 1 is 1.23 bits per heavy atom. The van der Waals surface area contributed by atoms with Gasteiger partial charge < -0.3 is 15.3 Å². The first-order valence-electron chi connectivity index (χ1n) is 9.97. The van der Waals surface area contributed by atoms with Gasteiger partial charge in [0.2, 0.25) is 0 Å². The van der Waals surface area contributed by atoms with Crippen LogP contribution in [-0.2, 0) is 9.59 Å². The van der Waals surface area contributed by atoms with Gasteiger partial charge in [0.1, 0.15) is 11.4 Å². The molecule has 0 unspecified atom stereocenters. The molecule has 5 nitrogen and oxygen atoms in total. The summed E-state index contributed by atoms with van der Waals surface area (Å²) < 4.78 is 0. The third-order valence-electron chi connectivity index (χ3n) is 7.40. The molecular weight excluding hydrogens is 332 g/mol. The molecule has 0 aliphatic heterocycles. The van der Waals surface area contributed by atoms with Crippen LogP contribution < -0.4 is 0 Å². The normalized spacial score (nSPS) is 47.3. The number of hydrogen-bond donors (Lipinski definition) is 3. The van der Waals surface area contributed by atoms with Crippen molar-refractivity contribution in [2.24, 2.45) is 35.0 Å². The molecular formula is C21H36O5. The van der Waals surface area contributed by atoms with Gasteiger partial charge in [0.25, 0.3) is 0 Å². The SMILES string of the molecule is CC[C@@H](C)[C@@H]1[C@@](C)(C(=O)CCO)[C@H]2[C@H](C)C[C@@](C)(O)C[C@@H]2C(=O)[C@@]1(C)O. The molecule has 2 rings (SSSR count). The lowest BCUT2D eigenvalue weighted by Crippen LogP contribution is -2.69. The van der Waals surface area contributed by atoms with Crippen molar-refractivity contribution in [3.05, 3.63) is 0 Å². The van der Waals surface area contributed by atoms with E-state index in [-0.39, 0.29) is 48.8 Å². The number of rotatable bonds is 5. The number of aliphatic hydroxyl groups is 3. The van der Waals surface area contributed by atoms with Crippen LogP contribution in [0.25, 0.3) is 0 Å². The summed E-state index contributed by atoms with van der Waals surface area (Å²) in [7, 11) is 0. The maximum Gasteiger partial charge on any atom is 0.167 e. The molecule has 0 aromatic rings. The summed E-state index contributed by atoms with van der Waals surface area (Å²) in [6, 6.07) is 0. The number of carbonyl (C=O) groups is 2. The first-order valence-corrected chi connectivity index (χ1v) is 9.97. The smallest absolute Gasteiger partial charge is 0.167 e. The lowest BCUT2D eigenvalue weighted by atomic mass is 9.42. The Morgan fingerprint density at radius 3 is 2.31 bits per heavy atom. The standard InChI is InChI=1S/C21H36O5/c1-7-12(2)17-20(5,15(23)8-9-22)16-13(3)10-19(4,25)11-14(16)18(24)21(17,6)26/h12-14,16-17,22,25-26H,7-11H2,1-6H3/t12-,13-,14+,16+,17-,19-,20+,21+/m1/s1. The van der Waals surface area contributed by atoms with E-state index in [1.807, 2.05) is 27.7 Å². The van der Waals surface area contributed by atoms with Crippen LogP contribution in [0, 0.1) is 35.0 Å². The van der Waals surface area contributed by atoms with Gasteiger partial charge in [-0.3, -0.25) is 9.59 Å². The molecule has 26 heavy (non-hydrogen) atoms. The van der Waals surface area contributed by atoms with E-state index >= 15 is 0 Å². The molecule has 2 aliphatic carbocycles. The highest BCUT2D eigenvalue weighted by atomic mass is 16.3. The van der Waals surface area contributed by atoms with Crippen molar-refractivity contribution < 1.29 is 24.9 Å². The van der Waals surface area contributed by atoms with Crippen molar-refractivity contribution in [1.82, 2.24) is 0 Å². The highest BCUT2D eigenvalue weighted by Crippen LogP contribution is 2.61. The molecule has 2 aliphatic rings. The highest BCUT2D eigenvalue weighted by Gasteiger charge is 2.67. The molecule has 0 radical (unpaired) electrons. The molecule has 8 atom stereocenters. The van der Waals surface area contributed by atoms with Gasteiger partial charge in [-0.2, -0.15) is 0 Å². The minimum Gasteiger partial charge on any atom is -0.396 e. The van der Waals surface area contributed by atoms with E-state index < -0.39 is 28.5 Å². The molecule has 0 amide bonds. The zero-order chi connectivity index (χ0) is 20.1. The Bertz CT molecular complexity index is 567. The monoisotopic (exact) mass is 368 g/mol. The van der Waals surface area contributed by atoms with Crippen molar-refractivity contribution in [1.29, 1.82) is 0 Å². The molecule has 2 fully saturated rings. The number of aliphatic hydroxyl groups excluding tert-OH is 1. The van der Waals surface area contributed by atoms with E-state index in [1.54, 1.807) is 13.8 Å². The fourth-order valence-corrected chi connectivity index (χ4v) is 6.60. The van der Waals surface area contributed by atoms with Gasteiger partial charge in [-0.1, -0.05) is 34.1 Å². The quantitative estimate of drug-likeness (QED) is 0.692. The van der Waals surface area contributed by atoms with Crippen LogP contribution in [0.3, 0.4) is 0 Å². The number of hydrogen-bond acceptors (Lipinski definition) is 5. The zero-order valence-corrected chi connectivity index (χ0v) is 17.1. The van der Waals surface area contributed by atoms with Crippen molar-refractivity contribution >= 4 is 11.6 Å². The van der Waals surface area contributed by atoms with Crippen LogP contribution >= 0.6 is 0 Å². The second kappa shape index (κ2) is 6.99. The first-order chi connectivity index (χ1) is 11.8. The molecule has 0 aromatic carbocycles.